The van der Waals surface area contributed by atoms with Gasteiger partial charge in [0.2, 0.25) is 0 Å². The third-order valence-corrected chi connectivity index (χ3v) is 5.55. The van der Waals surface area contributed by atoms with Crippen molar-refractivity contribution in [1.29, 1.82) is 0 Å². The van der Waals surface area contributed by atoms with Gasteiger partial charge in [-0.3, -0.25) is 9.59 Å². The van der Waals surface area contributed by atoms with Crippen LogP contribution in [-0.2, 0) is 47.5 Å². The number of ether oxygens (including phenoxy) is 8. The van der Waals surface area contributed by atoms with E-state index in [1.54, 1.807) is 0 Å². The highest BCUT2D eigenvalue weighted by Gasteiger charge is 2.39. The second-order valence-electron chi connectivity index (χ2n) is 9.25. The maximum atomic E-state index is 12.8. The normalized spacial score (nSPS) is 12.1. The predicted octanol–water partition coefficient (Wildman–Crippen LogP) is 5.89. The molecule has 0 heterocycles. The van der Waals surface area contributed by atoms with Crippen molar-refractivity contribution in [2.24, 2.45) is 0 Å². The first-order valence-corrected chi connectivity index (χ1v) is 15.0. The van der Waals surface area contributed by atoms with Gasteiger partial charge in [0, 0.05) is 26.1 Å². The molecule has 0 saturated carbocycles. The lowest BCUT2D eigenvalue weighted by Gasteiger charge is -2.33. The number of hydrogen-bond acceptors (Lipinski definition) is 10. The van der Waals surface area contributed by atoms with Crippen molar-refractivity contribution < 1.29 is 47.5 Å². The van der Waals surface area contributed by atoms with Crippen LogP contribution >= 0.6 is 0 Å². The van der Waals surface area contributed by atoms with Crippen LogP contribution in [0.5, 0.6) is 0 Å². The summed E-state index contributed by atoms with van der Waals surface area (Å²) in [5.41, 5.74) is 0. The minimum Gasteiger partial charge on any atom is -0.406 e. The molecule has 0 aromatic rings. The lowest BCUT2D eigenvalue weighted by Crippen LogP contribution is -2.46. The summed E-state index contributed by atoms with van der Waals surface area (Å²) in [6.45, 7) is 14.1. The van der Waals surface area contributed by atoms with Crippen LogP contribution in [0.3, 0.4) is 0 Å². The average molecular weight is 565 g/mol. The van der Waals surface area contributed by atoms with Crippen LogP contribution in [0.25, 0.3) is 0 Å². The predicted molar refractivity (Wildman–Crippen MR) is 148 cm³/mol. The number of carbonyl (C=O) groups excluding carboxylic acids is 2. The van der Waals surface area contributed by atoms with Gasteiger partial charge in [-0.2, -0.15) is 0 Å². The molecule has 0 radical (unpaired) electrons. The zero-order valence-electron chi connectivity index (χ0n) is 25.5. The van der Waals surface area contributed by atoms with E-state index in [4.69, 9.17) is 37.9 Å². The summed E-state index contributed by atoms with van der Waals surface area (Å²) in [7, 11) is 0. The van der Waals surface area contributed by atoms with E-state index in [9.17, 15) is 9.59 Å². The van der Waals surface area contributed by atoms with Crippen molar-refractivity contribution in [2.45, 2.75) is 124 Å². The van der Waals surface area contributed by atoms with E-state index >= 15 is 0 Å². The van der Waals surface area contributed by atoms with Crippen molar-refractivity contribution in [1.82, 2.24) is 0 Å². The molecule has 0 spiro atoms. The van der Waals surface area contributed by atoms with Gasteiger partial charge >= 0.3 is 23.9 Å². The first kappa shape index (κ1) is 37.7. The van der Waals surface area contributed by atoms with Gasteiger partial charge in [0.15, 0.2) is 0 Å². The molecule has 0 unspecified atom stereocenters. The highest BCUT2D eigenvalue weighted by atomic mass is 16.9. The topological polar surface area (TPSA) is 108 Å². The first-order chi connectivity index (χ1) is 18.9. The SMILES string of the molecule is CCCCOC(COCC)(OCCCC)OC(=O)CCCC(=O)OC(COCC)(OCCCC)OCCCC. The molecule has 0 aliphatic carbocycles. The molecule has 10 nitrogen and oxygen atoms in total. The maximum absolute atomic E-state index is 12.8. The van der Waals surface area contributed by atoms with Crippen molar-refractivity contribution in [3.8, 4) is 0 Å². The Morgan fingerprint density at radius 1 is 0.487 bits per heavy atom. The molecule has 0 aliphatic heterocycles. The number of hydrogen-bond donors (Lipinski definition) is 0. The van der Waals surface area contributed by atoms with Crippen molar-refractivity contribution in [2.75, 3.05) is 52.9 Å². The zero-order chi connectivity index (χ0) is 29.2. The van der Waals surface area contributed by atoms with Crippen LogP contribution in [0, 0.1) is 0 Å². The highest BCUT2D eigenvalue weighted by molar-refractivity contribution is 5.72. The molecule has 0 bridgehead atoms. The van der Waals surface area contributed by atoms with Gasteiger partial charge in [-0.15, -0.1) is 0 Å². The number of rotatable bonds is 28. The minimum atomic E-state index is -1.61. The Hall–Kier alpha value is -1.30. The summed E-state index contributed by atoms with van der Waals surface area (Å²) in [6, 6.07) is 0. The Morgan fingerprint density at radius 3 is 1.05 bits per heavy atom. The van der Waals surface area contributed by atoms with Crippen LogP contribution in [-0.4, -0.2) is 76.7 Å². The second-order valence-corrected chi connectivity index (χ2v) is 9.25. The highest BCUT2D eigenvalue weighted by Crippen LogP contribution is 2.22. The van der Waals surface area contributed by atoms with Crippen LogP contribution in [0.2, 0.25) is 0 Å². The monoisotopic (exact) mass is 564 g/mol. The summed E-state index contributed by atoms with van der Waals surface area (Å²) in [4.78, 5) is 25.6. The van der Waals surface area contributed by atoms with Gasteiger partial charge in [-0.05, 0) is 46.0 Å². The van der Waals surface area contributed by atoms with E-state index in [1.807, 2.05) is 41.5 Å². The third-order valence-electron chi connectivity index (χ3n) is 5.55. The average Bonchev–Trinajstić information content (AvgIpc) is 2.91. The molecule has 39 heavy (non-hydrogen) atoms. The van der Waals surface area contributed by atoms with Crippen molar-refractivity contribution in [3.63, 3.8) is 0 Å². The van der Waals surface area contributed by atoms with Gasteiger partial charge < -0.3 is 37.9 Å². The third kappa shape index (κ3) is 18.6. The van der Waals surface area contributed by atoms with Gasteiger partial charge in [0.25, 0.3) is 0 Å². The van der Waals surface area contributed by atoms with Crippen molar-refractivity contribution in [3.05, 3.63) is 0 Å². The summed E-state index contributed by atoms with van der Waals surface area (Å²) in [5, 5.41) is 0. The van der Waals surface area contributed by atoms with Crippen LogP contribution in [0.15, 0.2) is 0 Å². The van der Waals surface area contributed by atoms with Gasteiger partial charge in [0.05, 0.1) is 26.4 Å². The fourth-order valence-electron chi connectivity index (χ4n) is 3.19. The Balaban J connectivity index is 5.18. The standard InChI is InChI=1S/C29H56O10/c1-7-13-20-34-28(24-32-11-5,35-21-14-8-2)38-26(30)18-17-19-27(31)39-29(25-33-12-6,36-22-15-9-3)37-23-16-10-4/h7-25H2,1-6H3. The van der Waals surface area contributed by atoms with E-state index in [1.165, 1.54) is 0 Å². The summed E-state index contributed by atoms with van der Waals surface area (Å²) >= 11 is 0. The Bertz CT molecular complexity index is 529. The number of esters is 2. The zero-order valence-corrected chi connectivity index (χ0v) is 25.5. The quantitative estimate of drug-likeness (QED) is 0.0648. The Labute approximate surface area is 236 Å². The molecule has 232 valence electrons. The number of unbranched alkanes of at least 4 members (excludes halogenated alkanes) is 4. The van der Waals surface area contributed by atoms with Crippen LogP contribution in [0.1, 0.15) is 112 Å². The lowest BCUT2D eigenvalue weighted by atomic mass is 10.2. The van der Waals surface area contributed by atoms with Crippen molar-refractivity contribution >= 4 is 11.9 Å². The molecule has 10 heteroatoms. The largest absolute Gasteiger partial charge is 0.406 e. The number of carbonyl (C=O) groups is 2. The van der Waals surface area contributed by atoms with Crippen LogP contribution in [0.4, 0.5) is 0 Å². The molecule has 0 aromatic carbocycles. The Morgan fingerprint density at radius 2 is 0.795 bits per heavy atom. The molecule has 0 aliphatic rings. The minimum absolute atomic E-state index is 0.0247. The molecule has 0 aromatic heterocycles. The molecule has 0 N–H and O–H groups in total. The molecule has 0 amide bonds. The summed E-state index contributed by atoms with van der Waals surface area (Å²) in [5.74, 6) is -4.31. The first-order valence-electron chi connectivity index (χ1n) is 15.0. The van der Waals surface area contributed by atoms with Crippen LogP contribution < -0.4 is 0 Å². The molecular weight excluding hydrogens is 508 g/mol. The second kappa shape index (κ2) is 24.5. The summed E-state index contributed by atoms with van der Waals surface area (Å²) in [6.07, 6.45) is 7.01. The Kier molecular flexibility index (Phi) is 23.7. The van der Waals surface area contributed by atoms with Gasteiger partial charge in [-0.1, -0.05) is 53.4 Å². The fourth-order valence-corrected chi connectivity index (χ4v) is 3.19. The molecular formula is C29H56O10. The maximum Gasteiger partial charge on any atom is 0.354 e. The molecule has 0 rings (SSSR count). The van der Waals surface area contributed by atoms with E-state index in [-0.39, 0.29) is 32.5 Å². The van der Waals surface area contributed by atoms with E-state index < -0.39 is 23.9 Å². The van der Waals surface area contributed by atoms with E-state index in [2.05, 4.69) is 0 Å². The molecule has 0 atom stereocenters. The summed E-state index contributed by atoms with van der Waals surface area (Å²) < 4.78 is 45.9. The van der Waals surface area contributed by atoms with Gasteiger partial charge in [-0.25, -0.2) is 0 Å². The van der Waals surface area contributed by atoms with E-state index in [0.717, 1.165) is 51.4 Å². The van der Waals surface area contributed by atoms with E-state index in [0.29, 0.717) is 39.6 Å². The molecule has 0 fully saturated rings. The lowest BCUT2D eigenvalue weighted by molar-refractivity contribution is -0.378. The molecule has 0 saturated heterocycles. The smallest absolute Gasteiger partial charge is 0.354 e. The van der Waals surface area contributed by atoms with Gasteiger partial charge in [0.1, 0.15) is 13.2 Å². The fraction of sp³-hybridized carbons (Fsp3) is 0.931.